The van der Waals surface area contributed by atoms with E-state index in [4.69, 9.17) is 4.74 Å². The van der Waals surface area contributed by atoms with Crippen LogP contribution in [-0.4, -0.2) is 18.9 Å². The Morgan fingerprint density at radius 1 is 1.33 bits per heavy atom. The maximum absolute atomic E-state index is 13.0. The predicted molar refractivity (Wildman–Crippen MR) is 60.3 cm³/mol. The molecule has 0 saturated carbocycles. The summed E-state index contributed by atoms with van der Waals surface area (Å²) >= 11 is 0. The van der Waals surface area contributed by atoms with Crippen molar-refractivity contribution in [3.05, 3.63) is 29.6 Å². The van der Waals surface area contributed by atoms with Gasteiger partial charge in [0, 0.05) is 11.8 Å². The van der Waals surface area contributed by atoms with Crippen molar-refractivity contribution in [2.24, 2.45) is 4.99 Å². The minimum Gasteiger partial charge on any atom is -0.496 e. The van der Waals surface area contributed by atoms with Crippen LogP contribution in [0.5, 0.6) is 5.75 Å². The molecule has 0 heterocycles. The van der Waals surface area contributed by atoms with E-state index < -0.39 is 0 Å². The third-order valence-electron chi connectivity index (χ3n) is 1.78. The zero-order valence-electron chi connectivity index (χ0n) is 9.54. The van der Waals surface area contributed by atoms with E-state index in [1.807, 2.05) is 20.8 Å². The number of hydrogen-bond acceptors (Lipinski definition) is 2. The molecule has 0 N–H and O–H groups in total. The van der Waals surface area contributed by atoms with Gasteiger partial charge in [-0.15, -0.1) is 0 Å². The molecule has 82 valence electrons. The molecule has 0 aliphatic rings. The molecular formula is C12H16FNO. The first-order chi connectivity index (χ1) is 6.92. The number of benzene rings is 1. The first-order valence-corrected chi connectivity index (χ1v) is 4.81. The summed E-state index contributed by atoms with van der Waals surface area (Å²) in [5.74, 6) is 0.343. The second kappa shape index (κ2) is 4.43. The van der Waals surface area contributed by atoms with Gasteiger partial charge < -0.3 is 4.74 Å². The Hall–Kier alpha value is -1.38. The second-order valence-corrected chi connectivity index (χ2v) is 4.32. The third kappa shape index (κ3) is 3.70. The van der Waals surface area contributed by atoms with Gasteiger partial charge in [-0.1, -0.05) is 0 Å². The van der Waals surface area contributed by atoms with Crippen LogP contribution in [0.1, 0.15) is 26.3 Å². The Morgan fingerprint density at radius 3 is 2.53 bits per heavy atom. The van der Waals surface area contributed by atoms with Crippen molar-refractivity contribution in [2.75, 3.05) is 7.11 Å². The Kier molecular flexibility index (Phi) is 3.45. The van der Waals surface area contributed by atoms with E-state index in [9.17, 15) is 4.39 Å². The second-order valence-electron chi connectivity index (χ2n) is 4.32. The van der Waals surface area contributed by atoms with E-state index in [1.165, 1.54) is 12.1 Å². The van der Waals surface area contributed by atoms with Gasteiger partial charge in [0.15, 0.2) is 0 Å². The summed E-state index contributed by atoms with van der Waals surface area (Å²) in [7, 11) is 1.56. The first-order valence-electron chi connectivity index (χ1n) is 4.81. The summed E-state index contributed by atoms with van der Waals surface area (Å²) in [6.07, 6.45) is 1.64. The number of halogens is 1. The van der Waals surface area contributed by atoms with Crippen LogP contribution >= 0.6 is 0 Å². The van der Waals surface area contributed by atoms with Gasteiger partial charge in [-0.2, -0.15) is 0 Å². The highest BCUT2D eigenvalue weighted by Crippen LogP contribution is 2.18. The smallest absolute Gasteiger partial charge is 0.127 e. The van der Waals surface area contributed by atoms with Crippen molar-refractivity contribution in [3.8, 4) is 5.75 Å². The Bertz CT molecular complexity index is 366. The molecule has 0 bridgehead atoms. The van der Waals surface area contributed by atoms with Gasteiger partial charge in [-0.05, 0) is 39.0 Å². The molecule has 1 aromatic carbocycles. The first kappa shape index (κ1) is 11.7. The molecule has 0 fully saturated rings. The van der Waals surface area contributed by atoms with Gasteiger partial charge in [0.2, 0.25) is 0 Å². The van der Waals surface area contributed by atoms with Crippen LogP contribution in [0.3, 0.4) is 0 Å². The lowest BCUT2D eigenvalue weighted by molar-refractivity contribution is 0.413. The zero-order valence-corrected chi connectivity index (χ0v) is 9.54. The molecule has 1 aromatic rings. The summed E-state index contributed by atoms with van der Waals surface area (Å²) in [6.45, 7) is 5.94. The number of nitrogens with zero attached hydrogens (tertiary/aromatic N) is 1. The van der Waals surface area contributed by atoms with E-state index in [-0.39, 0.29) is 11.4 Å². The molecule has 0 radical (unpaired) electrons. The highest BCUT2D eigenvalue weighted by molar-refractivity contribution is 5.83. The fourth-order valence-electron chi connectivity index (χ4n) is 1.07. The SMILES string of the molecule is COc1ccc(F)cc1C=NC(C)(C)C. The van der Waals surface area contributed by atoms with Gasteiger partial charge in [0.05, 0.1) is 12.6 Å². The highest BCUT2D eigenvalue weighted by Gasteiger charge is 2.07. The molecule has 0 saturated heterocycles. The predicted octanol–water partition coefficient (Wildman–Crippen LogP) is 3.05. The summed E-state index contributed by atoms with van der Waals surface area (Å²) in [6, 6.07) is 4.38. The van der Waals surface area contributed by atoms with Gasteiger partial charge in [-0.3, -0.25) is 4.99 Å². The fourth-order valence-corrected chi connectivity index (χ4v) is 1.07. The standard InChI is InChI=1S/C12H16FNO/c1-12(2,3)14-8-9-7-10(13)5-6-11(9)15-4/h5-8H,1-4H3. The van der Waals surface area contributed by atoms with Crippen LogP contribution in [0.15, 0.2) is 23.2 Å². The molecule has 0 aliphatic heterocycles. The van der Waals surface area contributed by atoms with Crippen molar-refractivity contribution < 1.29 is 9.13 Å². The summed E-state index contributed by atoms with van der Waals surface area (Å²) < 4.78 is 18.1. The third-order valence-corrected chi connectivity index (χ3v) is 1.78. The monoisotopic (exact) mass is 209 g/mol. The zero-order chi connectivity index (χ0) is 11.5. The van der Waals surface area contributed by atoms with Gasteiger partial charge in [-0.25, -0.2) is 4.39 Å². The Morgan fingerprint density at radius 2 is 2.00 bits per heavy atom. The molecule has 0 aromatic heterocycles. The largest absolute Gasteiger partial charge is 0.496 e. The summed E-state index contributed by atoms with van der Waals surface area (Å²) in [4.78, 5) is 4.30. The summed E-state index contributed by atoms with van der Waals surface area (Å²) in [5.41, 5.74) is 0.490. The number of aliphatic imine (C=N–C) groups is 1. The van der Waals surface area contributed by atoms with Crippen molar-refractivity contribution >= 4 is 6.21 Å². The average molecular weight is 209 g/mol. The molecule has 2 nitrogen and oxygen atoms in total. The van der Waals surface area contributed by atoms with Crippen LogP contribution < -0.4 is 4.74 Å². The van der Waals surface area contributed by atoms with E-state index in [0.29, 0.717) is 11.3 Å². The molecule has 0 spiro atoms. The van der Waals surface area contributed by atoms with Crippen LogP contribution in [0, 0.1) is 5.82 Å². The van der Waals surface area contributed by atoms with Crippen LogP contribution in [0.25, 0.3) is 0 Å². The topological polar surface area (TPSA) is 21.6 Å². The van der Waals surface area contributed by atoms with E-state index in [2.05, 4.69) is 4.99 Å². The molecule has 15 heavy (non-hydrogen) atoms. The van der Waals surface area contributed by atoms with Gasteiger partial charge in [0.1, 0.15) is 11.6 Å². The van der Waals surface area contributed by atoms with E-state index >= 15 is 0 Å². The molecule has 0 amide bonds. The maximum Gasteiger partial charge on any atom is 0.127 e. The van der Waals surface area contributed by atoms with Gasteiger partial charge in [0.25, 0.3) is 0 Å². The molecule has 1 rings (SSSR count). The van der Waals surface area contributed by atoms with E-state index in [0.717, 1.165) is 0 Å². The number of methoxy groups -OCH3 is 1. The van der Waals surface area contributed by atoms with Crippen LogP contribution in [-0.2, 0) is 0 Å². The number of rotatable bonds is 2. The van der Waals surface area contributed by atoms with Crippen molar-refractivity contribution in [3.63, 3.8) is 0 Å². The normalized spacial score (nSPS) is 12.1. The lowest BCUT2D eigenvalue weighted by atomic mass is 10.1. The van der Waals surface area contributed by atoms with Crippen molar-refractivity contribution in [2.45, 2.75) is 26.3 Å². The quantitative estimate of drug-likeness (QED) is 0.686. The summed E-state index contributed by atoms with van der Waals surface area (Å²) in [5, 5.41) is 0. The minimum atomic E-state index is -0.286. The van der Waals surface area contributed by atoms with Gasteiger partial charge >= 0.3 is 0 Å². The molecule has 0 atom stereocenters. The highest BCUT2D eigenvalue weighted by atomic mass is 19.1. The van der Waals surface area contributed by atoms with Crippen molar-refractivity contribution in [1.82, 2.24) is 0 Å². The van der Waals surface area contributed by atoms with Crippen LogP contribution in [0.4, 0.5) is 4.39 Å². The minimum absolute atomic E-state index is 0.169. The maximum atomic E-state index is 13.0. The number of ether oxygens (including phenoxy) is 1. The fraction of sp³-hybridized carbons (Fsp3) is 0.417. The average Bonchev–Trinajstić information content (AvgIpc) is 2.14. The molecule has 0 unspecified atom stereocenters. The number of hydrogen-bond donors (Lipinski definition) is 0. The molecule has 0 aliphatic carbocycles. The molecule has 3 heteroatoms. The van der Waals surface area contributed by atoms with Crippen molar-refractivity contribution in [1.29, 1.82) is 0 Å². The lowest BCUT2D eigenvalue weighted by Crippen LogP contribution is -2.09. The lowest BCUT2D eigenvalue weighted by Gasteiger charge is -2.11. The van der Waals surface area contributed by atoms with Crippen LogP contribution in [0.2, 0.25) is 0 Å². The Labute approximate surface area is 89.8 Å². The Balaban J connectivity index is 3.02. The van der Waals surface area contributed by atoms with E-state index in [1.54, 1.807) is 19.4 Å². The molecular weight excluding hydrogens is 193 g/mol.